The molecule has 0 aliphatic rings. The van der Waals surface area contributed by atoms with Gasteiger partial charge in [-0.2, -0.15) is 0 Å². The van der Waals surface area contributed by atoms with Crippen LogP contribution in [-0.4, -0.2) is 23.3 Å². The molecule has 0 amide bonds. The molecule has 4 heteroatoms. The molecule has 0 rings (SSSR count). The van der Waals surface area contributed by atoms with Gasteiger partial charge >= 0.3 is 5.97 Å². The molecule has 1 atom stereocenters. The quantitative estimate of drug-likeness (QED) is 0.521. The van der Waals surface area contributed by atoms with Gasteiger partial charge < -0.3 is 4.74 Å². The highest BCUT2D eigenvalue weighted by molar-refractivity contribution is 8.01. The SMILES string of the molecule is CCOC(=O)CSC(C)(F)/C=C(/C)CC. The van der Waals surface area contributed by atoms with Crippen LogP contribution in [0.5, 0.6) is 0 Å². The van der Waals surface area contributed by atoms with E-state index in [1.807, 2.05) is 13.8 Å². The number of ether oxygens (including phenoxy) is 1. The first-order valence-corrected chi connectivity index (χ1v) is 6.06. The van der Waals surface area contributed by atoms with Crippen molar-refractivity contribution in [1.82, 2.24) is 0 Å². The molecule has 0 fully saturated rings. The molecule has 2 nitrogen and oxygen atoms in total. The summed E-state index contributed by atoms with van der Waals surface area (Å²) in [7, 11) is 0. The van der Waals surface area contributed by atoms with Gasteiger partial charge in [0, 0.05) is 0 Å². The molecule has 0 aliphatic carbocycles. The van der Waals surface area contributed by atoms with Gasteiger partial charge in [0.1, 0.15) is 0 Å². The highest BCUT2D eigenvalue weighted by Crippen LogP contribution is 2.29. The van der Waals surface area contributed by atoms with Gasteiger partial charge in [0.05, 0.1) is 12.4 Å². The van der Waals surface area contributed by atoms with Crippen LogP contribution in [0.15, 0.2) is 11.6 Å². The Morgan fingerprint density at radius 1 is 1.53 bits per heavy atom. The lowest BCUT2D eigenvalue weighted by Crippen LogP contribution is -2.15. The molecule has 0 radical (unpaired) electrons. The molecule has 0 aromatic heterocycles. The highest BCUT2D eigenvalue weighted by atomic mass is 32.2. The molecule has 0 N–H and O–H groups in total. The van der Waals surface area contributed by atoms with Gasteiger partial charge in [0.25, 0.3) is 0 Å². The van der Waals surface area contributed by atoms with Crippen molar-refractivity contribution in [2.75, 3.05) is 12.4 Å². The van der Waals surface area contributed by atoms with Crippen molar-refractivity contribution < 1.29 is 13.9 Å². The Hall–Kier alpha value is -0.510. The molecule has 15 heavy (non-hydrogen) atoms. The van der Waals surface area contributed by atoms with Crippen LogP contribution in [0.3, 0.4) is 0 Å². The maximum Gasteiger partial charge on any atom is 0.316 e. The average molecular weight is 234 g/mol. The molecule has 0 aliphatic heterocycles. The van der Waals surface area contributed by atoms with E-state index in [0.29, 0.717) is 6.61 Å². The second-order valence-electron chi connectivity index (χ2n) is 3.42. The first-order valence-electron chi connectivity index (χ1n) is 5.08. The standard InChI is InChI=1S/C11H19FO2S/c1-5-9(3)7-11(4,12)15-8-10(13)14-6-2/h7H,5-6,8H2,1-4H3/b9-7-. The third kappa shape index (κ3) is 7.42. The van der Waals surface area contributed by atoms with Crippen molar-refractivity contribution in [2.24, 2.45) is 0 Å². The topological polar surface area (TPSA) is 26.3 Å². The Kier molecular flexibility index (Phi) is 6.65. The van der Waals surface area contributed by atoms with Crippen molar-refractivity contribution >= 4 is 17.7 Å². The van der Waals surface area contributed by atoms with Gasteiger partial charge in [0.2, 0.25) is 0 Å². The molecule has 0 saturated heterocycles. The predicted molar refractivity (Wildman–Crippen MR) is 62.7 cm³/mol. The highest BCUT2D eigenvalue weighted by Gasteiger charge is 2.22. The van der Waals surface area contributed by atoms with E-state index in [0.717, 1.165) is 23.8 Å². The monoisotopic (exact) mass is 234 g/mol. The fraction of sp³-hybridized carbons (Fsp3) is 0.727. The van der Waals surface area contributed by atoms with E-state index in [1.54, 1.807) is 13.0 Å². The van der Waals surface area contributed by atoms with Crippen LogP contribution in [0.25, 0.3) is 0 Å². The minimum Gasteiger partial charge on any atom is -0.465 e. The maximum absolute atomic E-state index is 13.8. The molecular formula is C11H19FO2S. The number of esters is 1. The summed E-state index contributed by atoms with van der Waals surface area (Å²) in [5.74, 6) is -0.317. The van der Waals surface area contributed by atoms with Crippen LogP contribution < -0.4 is 0 Å². The number of hydrogen-bond acceptors (Lipinski definition) is 3. The molecule has 0 heterocycles. The Balaban J connectivity index is 4.09. The Morgan fingerprint density at radius 2 is 2.13 bits per heavy atom. The second-order valence-corrected chi connectivity index (χ2v) is 4.80. The summed E-state index contributed by atoms with van der Waals surface area (Å²) in [5.41, 5.74) is 0.983. The third-order valence-electron chi connectivity index (χ3n) is 1.84. The summed E-state index contributed by atoms with van der Waals surface area (Å²) in [5, 5.41) is -1.49. The summed E-state index contributed by atoms with van der Waals surface area (Å²) < 4.78 is 18.5. The molecule has 88 valence electrons. The normalized spacial score (nSPS) is 15.9. The number of hydrogen-bond donors (Lipinski definition) is 0. The maximum atomic E-state index is 13.8. The second kappa shape index (κ2) is 6.88. The van der Waals surface area contributed by atoms with Gasteiger partial charge in [0.15, 0.2) is 5.00 Å². The Labute approximate surface area is 95.3 Å². The van der Waals surface area contributed by atoms with E-state index in [-0.39, 0.29) is 11.7 Å². The van der Waals surface area contributed by atoms with Crippen LogP contribution in [0.1, 0.15) is 34.1 Å². The van der Waals surface area contributed by atoms with Crippen molar-refractivity contribution in [1.29, 1.82) is 0 Å². The number of thioether (sulfide) groups is 1. The van der Waals surface area contributed by atoms with Crippen LogP contribution in [0.2, 0.25) is 0 Å². The van der Waals surface area contributed by atoms with Gasteiger partial charge in [-0.3, -0.25) is 4.79 Å². The third-order valence-corrected chi connectivity index (χ3v) is 2.90. The van der Waals surface area contributed by atoms with Gasteiger partial charge in [-0.25, -0.2) is 4.39 Å². The summed E-state index contributed by atoms with van der Waals surface area (Å²) in [4.78, 5) is 11.0. The molecule has 0 aromatic rings. The fourth-order valence-corrected chi connectivity index (χ4v) is 1.75. The minimum atomic E-state index is -1.49. The van der Waals surface area contributed by atoms with E-state index in [2.05, 4.69) is 0 Å². The van der Waals surface area contributed by atoms with E-state index in [9.17, 15) is 9.18 Å². The number of alkyl halides is 1. The van der Waals surface area contributed by atoms with Crippen molar-refractivity contribution in [3.05, 3.63) is 11.6 Å². The van der Waals surface area contributed by atoms with Gasteiger partial charge in [-0.05, 0) is 33.3 Å². The molecule has 0 bridgehead atoms. The summed E-state index contributed by atoms with van der Waals surface area (Å²) in [6, 6.07) is 0. The molecule has 0 saturated carbocycles. The zero-order chi connectivity index (χ0) is 11.9. The van der Waals surface area contributed by atoms with Crippen molar-refractivity contribution in [3.8, 4) is 0 Å². The Morgan fingerprint density at radius 3 is 2.60 bits per heavy atom. The molecule has 0 aromatic carbocycles. The molecule has 1 unspecified atom stereocenters. The summed E-state index contributed by atoms with van der Waals surface area (Å²) >= 11 is 0.953. The number of carbonyl (C=O) groups is 1. The smallest absolute Gasteiger partial charge is 0.316 e. The summed E-state index contributed by atoms with van der Waals surface area (Å²) in [6.45, 7) is 7.38. The van der Waals surface area contributed by atoms with Gasteiger partial charge in [-0.15, -0.1) is 11.8 Å². The van der Waals surface area contributed by atoms with Crippen molar-refractivity contribution in [3.63, 3.8) is 0 Å². The first kappa shape index (κ1) is 14.5. The predicted octanol–water partition coefficient (Wildman–Crippen LogP) is 3.32. The lowest BCUT2D eigenvalue weighted by molar-refractivity contribution is -0.139. The largest absolute Gasteiger partial charge is 0.465 e. The van der Waals surface area contributed by atoms with Crippen LogP contribution in [0.4, 0.5) is 4.39 Å². The van der Waals surface area contributed by atoms with Crippen LogP contribution >= 0.6 is 11.8 Å². The zero-order valence-electron chi connectivity index (χ0n) is 9.80. The van der Waals surface area contributed by atoms with E-state index >= 15 is 0 Å². The van der Waals surface area contributed by atoms with E-state index in [4.69, 9.17) is 4.74 Å². The Bertz CT molecular complexity index is 237. The van der Waals surface area contributed by atoms with Crippen molar-refractivity contribution in [2.45, 2.75) is 39.1 Å². The number of halogens is 1. The first-order chi connectivity index (χ1) is 6.91. The lowest BCUT2D eigenvalue weighted by atomic mass is 10.2. The lowest BCUT2D eigenvalue weighted by Gasteiger charge is -2.15. The minimum absolute atomic E-state index is 0.0499. The number of allylic oxidation sites excluding steroid dienone is 1. The number of rotatable bonds is 6. The van der Waals surface area contributed by atoms with E-state index < -0.39 is 5.00 Å². The average Bonchev–Trinajstić information content (AvgIpc) is 2.15. The summed E-state index contributed by atoms with van der Waals surface area (Å²) in [6.07, 6.45) is 2.37. The molecule has 0 spiro atoms. The van der Waals surface area contributed by atoms with E-state index in [1.165, 1.54) is 6.92 Å². The number of carbonyl (C=O) groups excluding carboxylic acids is 1. The molecular weight excluding hydrogens is 215 g/mol. The van der Waals surface area contributed by atoms with Crippen LogP contribution in [0, 0.1) is 0 Å². The van der Waals surface area contributed by atoms with Gasteiger partial charge in [-0.1, -0.05) is 12.5 Å². The van der Waals surface area contributed by atoms with Crippen LogP contribution in [-0.2, 0) is 9.53 Å². The fourth-order valence-electron chi connectivity index (χ4n) is 0.987. The zero-order valence-corrected chi connectivity index (χ0v) is 10.6.